The number of ether oxygens (including phenoxy) is 1. The molecule has 0 bridgehead atoms. The van der Waals surface area contributed by atoms with E-state index in [0.717, 1.165) is 4.90 Å². The van der Waals surface area contributed by atoms with Crippen molar-refractivity contribution in [1.29, 1.82) is 0 Å². The minimum Gasteiger partial charge on any atom is -0.483 e. The molecule has 1 atom stereocenters. The van der Waals surface area contributed by atoms with Crippen molar-refractivity contribution < 1.29 is 42.7 Å². The van der Waals surface area contributed by atoms with Crippen molar-refractivity contribution >= 4 is 58.7 Å². The fraction of sp³-hybridized carbons (Fsp3) is 0.286. The molecule has 15 heteroatoms. The number of imide groups is 2. The van der Waals surface area contributed by atoms with Gasteiger partial charge in [-0.1, -0.05) is 6.07 Å². The Morgan fingerprint density at radius 3 is 2.50 bits per heavy atom. The normalized spacial score (nSPS) is 17.4. The number of carbonyl (C=O) groups excluding carboxylic acids is 7. The lowest BCUT2D eigenvalue weighted by atomic mass is 10.0. The van der Waals surface area contributed by atoms with Gasteiger partial charge in [-0.3, -0.25) is 43.8 Å². The number of nitrogens with one attached hydrogen (secondary N) is 5. The maximum absolute atomic E-state index is 13.8. The van der Waals surface area contributed by atoms with Crippen molar-refractivity contribution in [1.82, 2.24) is 25.8 Å². The van der Waals surface area contributed by atoms with Gasteiger partial charge in [-0.2, -0.15) is 0 Å². The van der Waals surface area contributed by atoms with E-state index in [1.54, 1.807) is 19.9 Å². The monoisotopic (exact) mass is 684 g/mol. The Kier molecular flexibility index (Phi) is 9.31. The van der Waals surface area contributed by atoms with Crippen molar-refractivity contribution in [2.24, 2.45) is 0 Å². The highest BCUT2D eigenvalue weighted by Crippen LogP contribution is 2.35. The average Bonchev–Trinajstić information content (AvgIpc) is 3.64. The molecule has 1 fully saturated rings. The predicted octanol–water partition coefficient (Wildman–Crippen LogP) is 2.37. The quantitative estimate of drug-likeness (QED) is 0.115. The van der Waals surface area contributed by atoms with Crippen LogP contribution in [0.3, 0.4) is 0 Å². The van der Waals surface area contributed by atoms with Crippen LogP contribution in [0.4, 0.5) is 10.1 Å². The van der Waals surface area contributed by atoms with Gasteiger partial charge in [-0.05, 0) is 75.1 Å². The van der Waals surface area contributed by atoms with Crippen LogP contribution in [0, 0.1) is 19.7 Å². The molecule has 2 aromatic carbocycles. The topological polar surface area (TPSA) is 196 Å². The number of unbranched alkanes of at least 4 members (excludes halogenated alkanes) is 1. The van der Waals surface area contributed by atoms with Gasteiger partial charge in [-0.15, -0.1) is 0 Å². The number of aromatic amines is 1. The van der Waals surface area contributed by atoms with E-state index < -0.39 is 48.0 Å². The van der Waals surface area contributed by atoms with Gasteiger partial charge in [0.1, 0.15) is 17.6 Å². The maximum atomic E-state index is 13.8. The number of aromatic nitrogens is 1. The molecular weight excluding hydrogens is 651 g/mol. The minimum absolute atomic E-state index is 0.00534. The summed E-state index contributed by atoms with van der Waals surface area (Å²) >= 11 is 0. The smallest absolute Gasteiger partial charge is 0.266 e. The lowest BCUT2D eigenvalue weighted by Crippen LogP contribution is -2.54. The third-order valence-electron chi connectivity index (χ3n) is 8.76. The highest BCUT2D eigenvalue weighted by atomic mass is 19.1. The molecule has 5 N–H and O–H groups in total. The number of hydrogen-bond donors (Lipinski definition) is 5. The van der Waals surface area contributed by atoms with Crippen molar-refractivity contribution in [3.63, 3.8) is 0 Å². The summed E-state index contributed by atoms with van der Waals surface area (Å²) in [5.41, 5.74) is 3.48. The molecule has 7 amide bonds. The van der Waals surface area contributed by atoms with Crippen LogP contribution >= 0.6 is 0 Å². The van der Waals surface area contributed by atoms with Crippen molar-refractivity contribution in [2.75, 3.05) is 25.0 Å². The molecule has 1 saturated heterocycles. The zero-order valence-corrected chi connectivity index (χ0v) is 27.2. The van der Waals surface area contributed by atoms with Crippen LogP contribution in [0.25, 0.3) is 11.6 Å². The van der Waals surface area contributed by atoms with Crippen LogP contribution in [0.2, 0.25) is 0 Å². The van der Waals surface area contributed by atoms with Crippen LogP contribution in [-0.4, -0.2) is 77.0 Å². The number of H-pyrrole nitrogens is 1. The number of amides is 7. The number of carbonyl (C=O) groups is 7. The summed E-state index contributed by atoms with van der Waals surface area (Å²) in [6.45, 7) is 3.69. The summed E-state index contributed by atoms with van der Waals surface area (Å²) in [6.07, 6.45) is 2.70. The largest absolute Gasteiger partial charge is 0.483 e. The lowest BCUT2D eigenvalue weighted by molar-refractivity contribution is -0.136. The maximum Gasteiger partial charge on any atom is 0.266 e. The van der Waals surface area contributed by atoms with Gasteiger partial charge in [0.15, 0.2) is 6.61 Å². The molecule has 3 aliphatic heterocycles. The SMILES string of the molecule is Cc1[nH]c(C=C2C(=O)Nc3ccc(F)cc32)c(C)c1C(=O)NCCCCNC(=O)COc1cccc2c1C(=O)N(C1CCC(=O)NC1=O)C2=O. The Balaban J connectivity index is 0.959. The molecule has 6 rings (SSSR count). The summed E-state index contributed by atoms with van der Waals surface area (Å²) in [7, 11) is 0. The van der Waals surface area contributed by atoms with Gasteiger partial charge in [0.2, 0.25) is 11.8 Å². The first kappa shape index (κ1) is 33.8. The van der Waals surface area contributed by atoms with Gasteiger partial charge in [0.05, 0.1) is 22.3 Å². The Morgan fingerprint density at radius 2 is 1.74 bits per heavy atom. The first-order chi connectivity index (χ1) is 23.9. The van der Waals surface area contributed by atoms with E-state index in [1.807, 2.05) is 0 Å². The number of fused-ring (bicyclic) bond motifs is 2. The number of aryl methyl sites for hydroxylation is 1. The molecule has 50 heavy (non-hydrogen) atoms. The molecule has 0 radical (unpaired) electrons. The third-order valence-corrected chi connectivity index (χ3v) is 8.76. The highest BCUT2D eigenvalue weighted by molar-refractivity contribution is 6.35. The number of benzene rings is 2. The minimum atomic E-state index is -1.12. The standard InChI is InChI=1S/C35H33FN6O8/c1-17-24(15-22-21-14-19(36)8-9-23(21)40-31(22)45)39-18(2)29(17)33(47)38-13-4-3-12-37-28(44)16-50-26-7-5-6-20-30(26)35(49)42(34(20)48)25-10-11-27(43)41-32(25)46/h5-9,14-15,25,39H,3-4,10-13,16H2,1-2H3,(H,37,44)(H,38,47)(H,40,45)(H,41,43,46). The summed E-state index contributed by atoms with van der Waals surface area (Å²) in [5, 5.41) is 10.4. The number of piperidine rings is 1. The number of rotatable bonds is 11. The van der Waals surface area contributed by atoms with Crippen molar-refractivity contribution in [3.8, 4) is 5.75 Å². The van der Waals surface area contributed by atoms with E-state index >= 15 is 0 Å². The van der Waals surface area contributed by atoms with Crippen LogP contribution in [0.1, 0.15) is 79.3 Å². The van der Waals surface area contributed by atoms with Crippen LogP contribution < -0.4 is 26.0 Å². The molecule has 258 valence electrons. The van der Waals surface area contributed by atoms with E-state index in [4.69, 9.17) is 4.74 Å². The van der Waals surface area contributed by atoms with Gasteiger partial charge in [0, 0.05) is 42.1 Å². The van der Waals surface area contributed by atoms with Crippen molar-refractivity contribution in [3.05, 3.63) is 81.4 Å². The van der Waals surface area contributed by atoms with Gasteiger partial charge >= 0.3 is 0 Å². The molecule has 4 heterocycles. The molecule has 0 saturated carbocycles. The molecule has 0 aliphatic carbocycles. The number of halogens is 1. The molecule has 3 aromatic rings. The fourth-order valence-corrected chi connectivity index (χ4v) is 6.27. The van der Waals surface area contributed by atoms with E-state index in [9.17, 15) is 38.0 Å². The molecule has 1 unspecified atom stereocenters. The Morgan fingerprint density at radius 1 is 0.980 bits per heavy atom. The first-order valence-corrected chi connectivity index (χ1v) is 16.0. The second-order valence-corrected chi connectivity index (χ2v) is 12.1. The third kappa shape index (κ3) is 6.49. The average molecular weight is 685 g/mol. The van der Waals surface area contributed by atoms with E-state index in [0.29, 0.717) is 53.2 Å². The molecule has 3 aliphatic rings. The molecule has 0 spiro atoms. The van der Waals surface area contributed by atoms with Gasteiger partial charge in [0.25, 0.3) is 29.5 Å². The summed E-state index contributed by atoms with van der Waals surface area (Å²) in [6, 6.07) is 7.32. The van der Waals surface area contributed by atoms with E-state index in [2.05, 4.69) is 26.3 Å². The second kappa shape index (κ2) is 13.8. The zero-order valence-electron chi connectivity index (χ0n) is 27.2. The van der Waals surface area contributed by atoms with E-state index in [1.165, 1.54) is 36.4 Å². The molecule has 14 nitrogen and oxygen atoms in total. The molecular formula is C35H33FN6O8. The van der Waals surface area contributed by atoms with Crippen LogP contribution in [-0.2, 0) is 19.2 Å². The first-order valence-electron chi connectivity index (χ1n) is 16.0. The number of anilines is 1. The summed E-state index contributed by atoms with van der Waals surface area (Å²) < 4.78 is 19.4. The number of nitrogens with zero attached hydrogens (tertiary/aromatic N) is 1. The van der Waals surface area contributed by atoms with Gasteiger partial charge < -0.3 is 25.7 Å². The van der Waals surface area contributed by atoms with Gasteiger partial charge in [-0.25, -0.2) is 4.39 Å². The van der Waals surface area contributed by atoms with Crippen molar-refractivity contribution in [2.45, 2.75) is 45.6 Å². The lowest BCUT2D eigenvalue weighted by Gasteiger charge is -2.27. The van der Waals surface area contributed by atoms with Crippen LogP contribution in [0.5, 0.6) is 5.75 Å². The predicted molar refractivity (Wildman–Crippen MR) is 176 cm³/mol. The Labute approximate surface area is 284 Å². The van der Waals surface area contributed by atoms with Crippen LogP contribution in [0.15, 0.2) is 36.4 Å². The summed E-state index contributed by atoms with van der Waals surface area (Å²) in [5.74, 6) is -4.19. The molecule has 1 aromatic heterocycles. The zero-order chi connectivity index (χ0) is 35.7. The highest BCUT2D eigenvalue weighted by Gasteiger charge is 2.46. The summed E-state index contributed by atoms with van der Waals surface area (Å²) in [4.78, 5) is 92.0. The Hall–Kier alpha value is -6.12. The fourth-order valence-electron chi connectivity index (χ4n) is 6.27. The second-order valence-electron chi connectivity index (χ2n) is 12.1. The van der Waals surface area contributed by atoms with E-state index in [-0.39, 0.29) is 53.7 Å². The Bertz CT molecular complexity index is 2020. The number of hydrogen-bond acceptors (Lipinski definition) is 8.